The molecule has 2 aliphatic heterocycles. The van der Waals surface area contributed by atoms with Crippen LogP contribution in [0.4, 0.5) is 0 Å². The molecule has 1 aromatic rings. The van der Waals surface area contributed by atoms with E-state index in [4.69, 9.17) is 14.2 Å². The summed E-state index contributed by atoms with van der Waals surface area (Å²) in [5.41, 5.74) is -0.800. The number of nitrogens with zero attached hydrogens (tertiary/aromatic N) is 1. The third-order valence-corrected chi connectivity index (χ3v) is 4.25. The Hall–Kier alpha value is -1.75. The Kier molecular flexibility index (Phi) is 5.84. The molecule has 3 rings (SSSR count). The fraction of sp³-hybridized carbons (Fsp3) is 0.533. The molecule has 2 aliphatic rings. The Labute approximate surface area is 151 Å². The standard InChI is InChI=1S/C15H18BrN3O6/c16-4-3-9-6-19(15(22)18-13(9)20)11-7-23-12(25-11)8-24-14(21)10-2-1-5-17-10/h3-4,6,10-12,17H,1-2,5,7-8H2,(H,18,20,22)/b4-3+/t10-,11-,12-/m0/s1. The lowest BCUT2D eigenvalue weighted by atomic mass is 10.2. The van der Waals surface area contributed by atoms with Crippen LogP contribution in [0, 0.1) is 0 Å². The van der Waals surface area contributed by atoms with Crippen molar-refractivity contribution in [1.82, 2.24) is 14.9 Å². The molecule has 0 unspecified atom stereocenters. The molecule has 3 atom stereocenters. The number of ether oxygens (including phenoxy) is 3. The van der Waals surface area contributed by atoms with E-state index in [-0.39, 0.29) is 25.2 Å². The topological polar surface area (TPSA) is 112 Å². The van der Waals surface area contributed by atoms with Crippen LogP contribution in [0.2, 0.25) is 0 Å². The summed E-state index contributed by atoms with van der Waals surface area (Å²) in [5.74, 6) is -0.334. The normalized spacial score (nSPS) is 26.4. The first-order valence-corrected chi connectivity index (χ1v) is 8.79. The van der Waals surface area contributed by atoms with Gasteiger partial charge in [-0.2, -0.15) is 0 Å². The van der Waals surface area contributed by atoms with Gasteiger partial charge in [0, 0.05) is 6.20 Å². The Morgan fingerprint density at radius 3 is 3.04 bits per heavy atom. The molecule has 0 bridgehead atoms. The van der Waals surface area contributed by atoms with E-state index in [1.807, 2.05) is 0 Å². The number of carbonyl (C=O) groups excluding carboxylic acids is 1. The lowest BCUT2D eigenvalue weighted by molar-refractivity contribution is -0.161. The van der Waals surface area contributed by atoms with Crippen LogP contribution >= 0.6 is 15.9 Å². The SMILES string of the molecule is O=C(OC[C@H]1OC[C@@H](n2cc(/C=C/Br)c(=O)[nH]c2=O)O1)[C@@H]1CCCN1. The second kappa shape index (κ2) is 8.09. The molecule has 3 heterocycles. The zero-order chi connectivity index (χ0) is 17.8. The molecule has 2 N–H and O–H groups in total. The average Bonchev–Trinajstić information content (AvgIpc) is 3.27. The van der Waals surface area contributed by atoms with Gasteiger partial charge in [0.1, 0.15) is 12.6 Å². The molecule has 0 amide bonds. The van der Waals surface area contributed by atoms with Gasteiger partial charge < -0.3 is 19.5 Å². The van der Waals surface area contributed by atoms with Crippen molar-refractivity contribution >= 4 is 28.0 Å². The number of nitrogens with one attached hydrogen (secondary N) is 2. The second-order valence-corrected chi connectivity index (χ2v) is 6.20. The number of hydrogen-bond donors (Lipinski definition) is 2. The number of carbonyl (C=O) groups is 1. The van der Waals surface area contributed by atoms with Crippen LogP contribution in [0.1, 0.15) is 24.6 Å². The van der Waals surface area contributed by atoms with Gasteiger partial charge in [0.05, 0.1) is 12.2 Å². The van der Waals surface area contributed by atoms with Crippen LogP contribution in [0.5, 0.6) is 0 Å². The van der Waals surface area contributed by atoms with Crippen LogP contribution in [0.25, 0.3) is 6.08 Å². The van der Waals surface area contributed by atoms with Crippen molar-refractivity contribution in [3.63, 3.8) is 0 Å². The Balaban J connectivity index is 1.61. The summed E-state index contributed by atoms with van der Waals surface area (Å²) >= 11 is 3.09. The van der Waals surface area contributed by atoms with Gasteiger partial charge in [0.25, 0.3) is 5.56 Å². The molecule has 0 radical (unpaired) electrons. The number of H-pyrrole nitrogens is 1. The second-order valence-electron chi connectivity index (χ2n) is 5.68. The number of esters is 1. The Morgan fingerprint density at radius 2 is 2.32 bits per heavy atom. The van der Waals surface area contributed by atoms with Gasteiger partial charge in [-0.15, -0.1) is 0 Å². The van der Waals surface area contributed by atoms with Gasteiger partial charge >= 0.3 is 11.7 Å². The highest BCUT2D eigenvalue weighted by molar-refractivity contribution is 9.11. The number of halogens is 1. The summed E-state index contributed by atoms with van der Waals surface area (Å²) in [6.45, 7) is 0.853. The van der Waals surface area contributed by atoms with Crippen molar-refractivity contribution in [3.8, 4) is 0 Å². The molecule has 0 aliphatic carbocycles. The number of hydrogen-bond acceptors (Lipinski definition) is 7. The summed E-state index contributed by atoms with van der Waals surface area (Å²) in [6, 6.07) is -0.280. The van der Waals surface area contributed by atoms with E-state index < -0.39 is 23.8 Å². The summed E-state index contributed by atoms with van der Waals surface area (Å²) in [4.78, 5) is 39.3. The van der Waals surface area contributed by atoms with E-state index in [0.29, 0.717) is 5.56 Å². The van der Waals surface area contributed by atoms with Crippen LogP contribution in [0.3, 0.4) is 0 Å². The van der Waals surface area contributed by atoms with Crippen molar-refractivity contribution in [3.05, 3.63) is 37.6 Å². The first kappa shape index (κ1) is 18.1. The molecule has 0 aromatic carbocycles. The minimum Gasteiger partial charge on any atom is -0.459 e. The molecule has 9 nitrogen and oxygen atoms in total. The quantitative estimate of drug-likeness (QED) is 0.654. The number of aromatic amines is 1. The smallest absolute Gasteiger partial charge is 0.330 e. The Bertz CT molecular complexity index is 767. The molecule has 0 spiro atoms. The highest BCUT2D eigenvalue weighted by Gasteiger charge is 2.31. The molecule has 136 valence electrons. The first-order valence-electron chi connectivity index (χ1n) is 7.88. The van der Waals surface area contributed by atoms with Gasteiger partial charge in [-0.05, 0) is 30.4 Å². The maximum absolute atomic E-state index is 12.0. The van der Waals surface area contributed by atoms with Crippen molar-refractivity contribution < 1.29 is 19.0 Å². The van der Waals surface area contributed by atoms with Crippen molar-refractivity contribution in [2.24, 2.45) is 0 Å². The lowest BCUT2D eigenvalue weighted by Gasteiger charge is -2.15. The van der Waals surface area contributed by atoms with Gasteiger partial charge in [-0.3, -0.25) is 19.1 Å². The molecule has 1 aromatic heterocycles. The minimum atomic E-state index is -0.760. The largest absolute Gasteiger partial charge is 0.459 e. The van der Waals surface area contributed by atoms with E-state index in [1.54, 1.807) is 0 Å². The number of rotatable bonds is 5. The highest BCUT2D eigenvalue weighted by Crippen LogP contribution is 2.20. The molecule has 2 saturated heterocycles. The lowest BCUT2D eigenvalue weighted by Crippen LogP contribution is -2.35. The first-order chi connectivity index (χ1) is 12.1. The van der Waals surface area contributed by atoms with Crippen LogP contribution < -0.4 is 16.6 Å². The maximum atomic E-state index is 12.0. The van der Waals surface area contributed by atoms with Crippen LogP contribution in [0.15, 0.2) is 20.8 Å². The van der Waals surface area contributed by atoms with Gasteiger partial charge in [0.15, 0.2) is 12.5 Å². The van der Waals surface area contributed by atoms with Gasteiger partial charge in [-0.25, -0.2) is 4.79 Å². The predicted molar refractivity (Wildman–Crippen MR) is 91.1 cm³/mol. The summed E-state index contributed by atoms with van der Waals surface area (Å²) in [6.07, 6.45) is 3.13. The van der Waals surface area contributed by atoms with Crippen LogP contribution in [-0.2, 0) is 19.0 Å². The van der Waals surface area contributed by atoms with E-state index in [1.165, 1.54) is 21.8 Å². The van der Waals surface area contributed by atoms with Crippen molar-refractivity contribution in [2.45, 2.75) is 31.4 Å². The van der Waals surface area contributed by atoms with E-state index >= 15 is 0 Å². The molecule has 2 fully saturated rings. The highest BCUT2D eigenvalue weighted by atomic mass is 79.9. The third-order valence-electron chi connectivity index (χ3n) is 3.99. The molecular weight excluding hydrogens is 398 g/mol. The predicted octanol–water partition coefficient (Wildman–Crippen LogP) is 0.0689. The van der Waals surface area contributed by atoms with E-state index in [2.05, 4.69) is 26.2 Å². The number of aromatic nitrogens is 2. The molecular formula is C15H18BrN3O6. The van der Waals surface area contributed by atoms with Gasteiger partial charge in [0.2, 0.25) is 0 Å². The average molecular weight is 416 g/mol. The van der Waals surface area contributed by atoms with Crippen molar-refractivity contribution in [1.29, 1.82) is 0 Å². The van der Waals surface area contributed by atoms with Crippen molar-refractivity contribution in [2.75, 3.05) is 19.8 Å². The monoisotopic (exact) mass is 415 g/mol. The van der Waals surface area contributed by atoms with E-state index in [9.17, 15) is 14.4 Å². The van der Waals surface area contributed by atoms with Crippen LogP contribution in [-0.4, -0.2) is 47.6 Å². The summed E-state index contributed by atoms with van der Waals surface area (Å²) < 4.78 is 17.5. The minimum absolute atomic E-state index is 0.0558. The fourth-order valence-electron chi connectivity index (χ4n) is 2.71. The fourth-order valence-corrected chi connectivity index (χ4v) is 3.00. The summed E-state index contributed by atoms with van der Waals surface area (Å²) in [5, 5.41) is 3.05. The molecule has 0 saturated carbocycles. The molecule has 10 heteroatoms. The summed E-state index contributed by atoms with van der Waals surface area (Å²) in [7, 11) is 0. The van der Waals surface area contributed by atoms with Gasteiger partial charge in [-0.1, -0.05) is 15.9 Å². The zero-order valence-corrected chi connectivity index (χ0v) is 14.9. The Morgan fingerprint density at radius 1 is 1.48 bits per heavy atom. The van der Waals surface area contributed by atoms with E-state index in [0.717, 1.165) is 19.4 Å². The third kappa shape index (κ3) is 4.27. The maximum Gasteiger partial charge on any atom is 0.330 e. The zero-order valence-electron chi connectivity index (χ0n) is 13.3. The molecule has 25 heavy (non-hydrogen) atoms.